The van der Waals surface area contributed by atoms with E-state index in [1.165, 1.54) is 23.7 Å². The number of nitriles is 1. The van der Waals surface area contributed by atoms with Crippen LogP contribution in [0.15, 0.2) is 36.5 Å². The van der Waals surface area contributed by atoms with Crippen LogP contribution in [0.1, 0.15) is 40.0 Å². The molecule has 3 rings (SSSR count). The molecule has 2 aromatic rings. The van der Waals surface area contributed by atoms with Crippen molar-refractivity contribution in [3.05, 3.63) is 58.9 Å². The topological polar surface area (TPSA) is 65.8 Å². The Morgan fingerprint density at radius 2 is 2.05 bits per heavy atom. The predicted octanol–water partition coefficient (Wildman–Crippen LogP) is 3.08. The van der Waals surface area contributed by atoms with E-state index >= 15 is 0 Å². The van der Waals surface area contributed by atoms with Gasteiger partial charge in [0, 0.05) is 11.9 Å². The molecule has 0 atom stereocenters. The number of hydrogen-bond acceptors (Lipinski definition) is 3. The number of aromatic nitrogens is 1. The molecule has 1 heterocycles. The Hall–Kier alpha value is -2.67. The highest BCUT2D eigenvalue weighted by Gasteiger charge is 2.15. The van der Waals surface area contributed by atoms with Crippen molar-refractivity contribution in [1.82, 2.24) is 4.98 Å². The highest BCUT2D eigenvalue weighted by Crippen LogP contribution is 2.28. The van der Waals surface area contributed by atoms with Crippen molar-refractivity contribution in [3.8, 4) is 6.07 Å². The van der Waals surface area contributed by atoms with Gasteiger partial charge in [-0.3, -0.25) is 4.79 Å². The summed E-state index contributed by atoms with van der Waals surface area (Å²) in [4.78, 5) is 16.3. The summed E-state index contributed by atoms with van der Waals surface area (Å²) in [6, 6.07) is 11.2. The average Bonchev–Trinajstić information content (AvgIpc) is 2.55. The van der Waals surface area contributed by atoms with Crippen molar-refractivity contribution in [2.45, 2.75) is 25.7 Å². The zero-order valence-corrected chi connectivity index (χ0v) is 11.6. The van der Waals surface area contributed by atoms with Gasteiger partial charge in [-0.1, -0.05) is 12.1 Å². The highest BCUT2D eigenvalue weighted by molar-refractivity contribution is 6.03. The van der Waals surface area contributed by atoms with Crippen LogP contribution in [0.3, 0.4) is 0 Å². The van der Waals surface area contributed by atoms with Crippen molar-refractivity contribution in [3.63, 3.8) is 0 Å². The fourth-order valence-corrected chi connectivity index (χ4v) is 2.68. The molecule has 1 aromatic heterocycles. The Kier molecular flexibility index (Phi) is 3.65. The van der Waals surface area contributed by atoms with Crippen LogP contribution in [0.2, 0.25) is 0 Å². The lowest BCUT2D eigenvalue weighted by Crippen LogP contribution is -2.16. The van der Waals surface area contributed by atoms with E-state index < -0.39 is 0 Å². The predicted molar refractivity (Wildman–Crippen MR) is 80.0 cm³/mol. The molecule has 0 saturated carbocycles. The van der Waals surface area contributed by atoms with E-state index in [9.17, 15) is 4.79 Å². The molecule has 0 saturated heterocycles. The second kappa shape index (κ2) is 5.76. The van der Waals surface area contributed by atoms with Gasteiger partial charge in [-0.2, -0.15) is 5.26 Å². The maximum atomic E-state index is 12.2. The highest BCUT2D eigenvalue weighted by atomic mass is 16.1. The van der Waals surface area contributed by atoms with Gasteiger partial charge >= 0.3 is 0 Å². The molecular formula is C17H15N3O. The zero-order valence-electron chi connectivity index (χ0n) is 11.6. The van der Waals surface area contributed by atoms with E-state index in [0.717, 1.165) is 24.9 Å². The minimum atomic E-state index is -0.238. The van der Waals surface area contributed by atoms with E-state index in [1.807, 2.05) is 18.2 Å². The van der Waals surface area contributed by atoms with Crippen LogP contribution >= 0.6 is 0 Å². The standard InChI is InChI=1S/C17H15N3O/c18-10-12-8-9-16(19-11-12)17(21)20-15-7-3-5-13-4-1-2-6-14(13)15/h3,5,7-9,11H,1-2,4,6H2,(H,20,21). The van der Waals surface area contributed by atoms with E-state index in [0.29, 0.717) is 11.3 Å². The number of nitrogens with one attached hydrogen (secondary N) is 1. The molecule has 0 aliphatic heterocycles. The van der Waals surface area contributed by atoms with Crippen LogP contribution < -0.4 is 5.32 Å². The number of rotatable bonds is 2. The third kappa shape index (κ3) is 2.77. The smallest absolute Gasteiger partial charge is 0.274 e. The molecule has 4 heteroatoms. The van der Waals surface area contributed by atoms with Crippen molar-refractivity contribution < 1.29 is 4.79 Å². The number of fused-ring (bicyclic) bond motifs is 1. The summed E-state index contributed by atoms with van der Waals surface area (Å²) in [6.45, 7) is 0. The fraction of sp³-hybridized carbons (Fsp3) is 0.235. The number of benzene rings is 1. The summed E-state index contributed by atoms with van der Waals surface area (Å²) in [5, 5.41) is 11.7. The Morgan fingerprint density at radius 3 is 2.81 bits per heavy atom. The largest absolute Gasteiger partial charge is 0.320 e. The van der Waals surface area contributed by atoms with E-state index in [-0.39, 0.29) is 5.91 Å². The normalized spacial score (nSPS) is 13.1. The Balaban J connectivity index is 1.83. The third-order valence-corrected chi connectivity index (χ3v) is 3.77. The second-order valence-electron chi connectivity index (χ2n) is 5.15. The van der Waals surface area contributed by atoms with Crippen LogP contribution in [0.25, 0.3) is 0 Å². The van der Waals surface area contributed by atoms with Crippen molar-refractivity contribution in [2.24, 2.45) is 0 Å². The van der Waals surface area contributed by atoms with Crippen LogP contribution in [0.5, 0.6) is 0 Å². The molecule has 0 fully saturated rings. The Bertz CT molecular complexity index is 714. The lowest BCUT2D eigenvalue weighted by atomic mass is 9.90. The van der Waals surface area contributed by atoms with Crippen LogP contribution in [-0.4, -0.2) is 10.9 Å². The third-order valence-electron chi connectivity index (χ3n) is 3.77. The van der Waals surface area contributed by atoms with Crippen LogP contribution in [0, 0.1) is 11.3 Å². The number of aryl methyl sites for hydroxylation is 1. The number of hydrogen-bond donors (Lipinski definition) is 1. The minimum absolute atomic E-state index is 0.238. The summed E-state index contributed by atoms with van der Waals surface area (Å²) >= 11 is 0. The number of amides is 1. The van der Waals surface area contributed by atoms with Gasteiger partial charge in [0.15, 0.2) is 0 Å². The van der Waals surface area contributed by atoms with Crippen molar-refractivity contribution in [1.29, 1.82) is 5.26 Å². The van der Waals surface area contributed by atoms with Crippen molar-refractivity contribution >= 4 is 11.6 Å². The van der Waals surface area contributed by atoms with E-state index in [2.05, 4.69) is 16.4 Å². The summed E-state index contributed by atoms with van der Waals surface area (Å²) < 4.78 is 0. The lowest BCUT2D eigenvalue weighted by Gasteiger charge is -2.19. The lowest BCUT2D eigenvalue weighted by molar-refractivity contribution is 0.102. The van der Waals surface area contributed by atoms with Gasteiger partial charge in [0.05, 0.1) is 5.56 Å². The molecule has 104 valence electrons. The molecule has 1 aromatic carbocycles. The molecule has 1 aliphatic rings. The number of nitrogens with zero attached hydrogens (tertiary/aromatic N) is 2. The molecule has 21 heavy (non-hydrogen) atoms. The van der Waals surface area contributed by atoms with Gasteiger partial charge in [0.1, 0.15) is 11.8 Å². The van der Waals surface area contributed by atoms with Crippen molar-refractivity contribution in [2.75, 3.05) is 5.32 Å². The first-order valence-electron chi connectivity index (χ1n) is 7.06. The molecular weight excluding hydrogens is 262 g/mol. The van der Waals surface area contributed by atoms with Crippen LogP contribution in [-0.2, 0) is 12.8 Å². The molecule has 0 bridgehead atoms. The van der Waals surface area contributed by atoms with Crippen LogP contribution in [0.4, 0.5) is 5.69 Å². The average molecular weight is 277 g/mol. The minimum Gasteiger partial charge on any atom is -0.320 e. The first kappa shape index (κ1) is 13.3. The van der Waals surface area contributed by atoms with Gasteiger partial charge in [-0.25, -0.2) is 4.98 Å². The molecule has 0 unspecified atom stereocenters. The maximum absolute atomic E-state index is 12.2. The Morgan fingerprint density at radius 1 is 1.19 bits per heavy atom. The van der Waals surface area contributed by atoms with E-state index in [4.69, 9.17) is 5.26 Å². The first-order valence-corrected chi connectivity index (χ1v) is 7.06. The number of carbonyl (C=O) groups is 1. The quantitative estimate of drug-likeness (QED) is 0.917. The van der Waals surface area contributed by atoms with Gasteiger partial charge in [0.25, 0.3) is 5.91 Å². The van der Waals surface area contributed by atoms with Gasteiger partial charge in [0.2, 0.25) is 0 Å². The first-order chi connectivity index (χ1) is 10.3. The molecule has 1 aliphatic carbocycles. The summed E-state index contributed by atoms with van der Waals surface area (Å²) in [5.41, 5.74) is 4.21. The van der Waals surface area contributed by atoms with Gasteiger partial charge in [-0.15, -0.1) is 0 Å². The van der Waals surface area contributed by atoms with Gasteiger partial charge in [-0.05, 0) is 55.0 Å². The summed E-state index contributed by atoms with van der Waals surface area (Å²) in [7, 11) is 0. The summed E-state index contributed by atoms with van der Waals surface area (Å²) in [6.07, 6.45) is 5.87. The number of anilines is 1. The monoisotopic (exact) mass is 277 g/mol. The van der Waals surface area contributed by atoms with Gasteiger partial charge < -0.3 is 5.32 Å². The molecule has 0 radical (unpaired) electrons. The molecule has 1 N–H and O–H groups in total. The SMILES string of the molecule is N#Cc1ccc(C(=O)Nc2cccc3c2CCCC3)nc1. The van der Waals surface area contributed by atoms with E-state index in [1.54, 1.807) is 12.1 Å². The Labute approximate surface area is 123 Å². The zero-order chi connectivity index (χ0) is 14.7. The number of pyridine rings is 1. The summed E-state index contributed by atoms with van der Waals surface area (Å²) in [5.74, 6) is -0.238. The molecule has 1 amide bonds. The number of carbonyl (C=O) groups excluding carboxylic acids is 1. The molecule has 0 spiro atoms. The molecule has 4 nitrogen and oxygen atoms in total. The fourth-order valence-electron chi connectivity index (χ4n) is 2.68. The second-order valence-corrected chi connectivity index (χ2v) is 5.15. The maximum Gasteiger partial charge on any atom is 0.274 e.